The highest BCUT2D eigenvalue weighted by Gasteiger charge is 2.72. The van der Waals surface area contributed by atoms with Crippen LogP contribution in [0.5, 0.6) is 11.5 Å². The first-order chi connectivity index (χ1) is 22.8. The summed E-state index contributed by atoms with van der Waals surface area (Å²) >= 11 is 0. The van der Waals surface area contributed by atoms with Crippen LogP contribution in [-0.2, 0) is 50.0 Å². The maximum absolute atomic E-state index is 13.1. The first-order valence-corrected chi connectivity index (χ1v) is 15.2. The zero-order valence-corrected chi connectivity index (χ0v) is 25.6. The summed E-state index contributed by atoms with van der Waals surface area (Å²) in [5.41, 5.74) is -0.766. The molecule has 6 rings (SSSR count). The second-order valence-corrected chi connectivity index (χ2v) is 12.4. The number of likely N-dealkylation sites (tertiary alicyclic amines) is 1. The van der Waals surface area contributed by atoms with Gasteiger partial charge >= 0.3 is 29.8 Å². The number of hydrogen-bond acceptors (Lipinski definition) is 13. The third-order valence-corrected chi connectivity index (χ3v) is 9.66. The molecule has 1 fully saturated rings. The number of rotatable bonds is 11. The number of piperidine rings is 1. The summed E-state index contributed by atoms with van der Waals surface area (Å²) in [7, 11) is 1.92. The van der Waals surface area contributed by atoms with Gasteiger partial charge in [-0.1, -0.05) is 36.4 Å². The molecule has 0 amide bonds. The average Bonchev–Trinajstić information content (AvgIpc) is 3.40. The Morgan fingerprint density at radius 3 is 2.44 bits per heavy atom. The van der Waals surface area contributed by atoms with E-state index >= 15 is 0 Å². The van der Waals surface area contributed by atoms with Crippen LogP contribution in [0.25, 0.3) is 0 Å². The molecule has 48 heavy (non-hydrogen) atoms. The van der Waals surface area contributed by atoms with Crippen LogP contribution in [0.4, 0.5) is 0 Å². The van der Waals surface area contributed by atoms with E-state index < -0.39 is 78.1 Å². The Balaban J connectivity index is 1.18. The van der Waals surface area contributed by atoms with E-state index in [-0.39, 0.29) is 35.3 Å². The minimum atomic E-state index is -2.09. The molecule has 5 N–H and O–H groups in total. The molecule has 7 atom stereocenters. The summed E-state index contributed by atoms with van der Waals surface area (Å²) in [6, 6.07) is 10.3. The van der Waals surface area contributed by atoms with Crippen molar-refractivity contribution >= 4 is 29.8 Å². The van der Waals surface area contributed by atoms with E-state index in [1.54, 1.807) is 12.1 Å². The Bertz CT molecular complexity index is 1710. The second kappa shape index (κ2) is 12.2. The highest BCUT2D eigenvalue weighted by atomic mass is 16.6. The van der Waals surface area contributed by atoms with Gasteiger partial charge in [-0.3, -0.25) is 9.59 Å². The molecule has 0 aromatic heterocycles. The van der Waals surface area contributed by atoms with Gasteiger partial charge in [0, 0.05) is 23.6 Å². The van der Waals surface area contributed by atoms with Crippen LogP contribution >= 0.6 is 0 Å². The number of phenols is 1. The predicted molar refractivity (Wildman–Crippen MR) is 158 cm³/mol. The highest BCUT2D eigenvalue weighted by molar-refractivity contribution is 5.87. The van der Waals surface area contributed by atoms with Crippen LogP contribution in [-0.4, -0.2) is 104 Å². The SMILES string of the molecule is CN1CC[C@]23c4c5ccc(O)c4O[C@H]2C(OC(=O)[C@@H](O)CC(=O)O[C@H](C(=O)O[C@H](CC(=O)O)C(=O)O)c2ccccc2)=CC[C@@]3(O)[C@@H]1C5. The molecule has 1 saturated heterocycles. The number of carboxylic acid groups (broad SMARTS) is 2. The molecule has 0 unspecified atom stereocenters. The molecular formula is C33H33NO14. The van der Waals surface area contributed by atoms with Crippen molar-refractivity contribution in [3.05, 3.63) is 71.0 Å². The summed E-state index contributed by atoms with van der Waals surface area (Å²) in [4.78, 5) is 63.5. The number of carbonyl (C=O) groups is 5. The van der Waals surface area contributed by atoms with Crippen molar-refractivity contribution in [2.45, 2.75) is 73.6 Å². The predicted octanol–water partition coefficient (Wildman–Crippen LogP) is 0.720. The van der Waals surface area contributed by atoms with E-state index in [1.807, 2.05) is 7.05 Å². The number of aromatic hydroxyl groups is 1. The van der Waals surface area contributed by atoms with Crippen LogP contribution in [0.15, 0.2) is 54.3 Å². The molecule has 0 saturated carbocycles. The number of carboxylic acids is 2. The lowest BCUT2D eigenvalue weighted by molar-refractivity contribution is -0.181. The lowest BCUT2D eigenvalue weighted by Crippen LogP contribution is -2.74. The van der Waals surface area contributed by atoms with Crippen LogP contribution < -0.4 is 4.74 Å². The van der Waals surface area contributed by atoms with Crippen molar-refractivity contribution in [2.75, 3.05) is 13.6 Å². The van der Waals surface area contributed by atoms with Crippen LogP contribution in [0, 0.1) is 0 Å². The Morgan fingerprint density at radius 2 is 1.75 bits per heavy atom. The van der Waals surface area contributed by atoms with Gasteiger partial charge in [-0.05, 0) is 44.1 Å². The number of ether oxygens (including phenoxy) is 4. The number of phenolic OH excluding ortho intramolecular Hbond substituents is 1. The highest BCUT2D eigenvalue weighted by Crippen LogP contribution is 2.65. The lowest BCUT2D eigenvalue weighted by atomic mass is 9.50. The molecule has 2 aromatic rings. The smallest absolute Gasteiger partial charge is 0.353 e. The van der Waals surface area contributed by atoms with Gasteiger partial charge in [-0.2, -0.15) is 0 Å². The largest absolute Gasteiger partial charge is 0.504 e. The van der Waals surface area contributed by atoms with E-state index in [9.17, 15) is 44.4 Å². The topological polar surface area (TPSA) is 227 Å². The maximum atomic E-state index is 13.1. The Labute approximate surface area is 272 Å². The first-order valence-electron chi connectivity index (χ1n) is 15.2. The fourth-order valence-electron chi connectivity index (χ4n) is 7.46. The number of aliphatic carboxylic acids is 2. The van der Waals surface area contributed by atoms with Gasteiger partial charge < -0.3 is 49.4 Å². The number of hydrogen-bond donors (Lipinski definition) is 5. The fraction of sp³-hybridized carbons (Fsp3) is 0.424. The van der Waals surface area contributed by atoms with E-state index in [4.69, 9.17) is 24.1 Å². The Hall–Kier alpha value is -4.99. The molecule has 2 aliphatic carbocycles. The quantitative estimate of drug-likeness (QED) is 0.164. The van der Waals surface area contributed by atoms with E-state index in [0.29, 0.717) is 24.9 Å². The number of benzene rings is 2. The zero-order valence-electron chi connectivity index (χ0n) is 25.6. The fourth-order valence-corrected chi connectivity index (χ4v) is 7.46. The van der Waals surface area contributed by atoms with Crippen LogP contribution in [0.1, 0.15) is 48.5 Å². The summed E-state index contributed by atoms with van der Waals surface area (Å²) in [6.07, 6.45) is -6.57. The molecule has 2 bridgehead atoms. The molecule has 1 spiro atoms. The number of aliphatic hydroxyl groups excluding tert-OH is 1. The molecule has 15 heteroatoms. The average molecular weight is 668 g/mol. The van der Waals surface area contributed by atoms with Gasteiger partial charge in [0.25, 0.3) is 0 Å². The molecule has 2 aliphatic heterocycles. The Morgan fingerprint density at radius 1 is 1.02 bits per heavy atom. The number of carbonyl (C=O) groups excluding carboxylic acids is 3. The molecule has 254 valence electrons. The molecule has 2 aromatic carbocycles. The zero-order chi connectivity index (χ0) is 34.5. The standard InChI is InChI=1S/C33H33NO14/c1-34-12-11-32-25-17-7-8-18(35)27(25)48-28(32)20(9-10-33(32,44)22(34)13-17)45-30(42)19(36)14-24(39)47-26(16-5-3-2-4-6-16)31(43)46-21(29(40)41)15-23(37)38/h2-9,19,21-22,26,28,35-36,44H,10-15H2,1H3,(H,37,38)(H,40,41)/t19-,21+,22-,26-,28-,32-,33+/m0/s1. The molecule has 4 aliphatic rings. The van der Waals surface area contributed by atoms with Crippen molar-refractivity contribution in [3.63, 3.8) is 0 Å². The normalized spacial score (nSPS) is 26.9. The van der Waals surface area contributed by atoms with Crippen molar-refractivity contribution in [3.8, 4) is 11.5 Å². The van der Waals surface area contributed by atoms with E-state index in [0.717, 1.165) is 5.56 Å². The lowest BCUT2D eigenvalue weighted by Gasteiger charge is -2.61. The van der Waals surface area contributed by atoms with Crippen LogP contribution in [0.2, 0.25) is 0 Å². The third kappa shape index (κ3) is 5.33. The van der Waals surface area contributed by atoms with Gasteiger partial charge in [-0.15, -0.1) is 0 Å². The number of aliphatic hydroxyl groups is 2. The van der Waals surface area contributed by atoms with Gasteiger partial charge in [0.2, 0.25) is 12.2 Å². The summed E-state index contributed by atoms with van der Waals surface area (Å²) in [5.74, 6) is -7.13. The van der Waals surface area contributed by atoms with Crippen molar-refractivity contribution in [1.82, 2.24) is 4.90 Å². The Kier molecular flexibility index (Phi) is 8.39. The molecule has 15 nitrogen and oxygen atoms in total. The monoisotopic (exact) mass is 667 g/mol. The van der Waals surface area contributed by atoms with E-state index in [1.165, 1.54) is 36.4 Å². The van der Waals surface area contributed by atoms with Gasteiger partial charge in [0.05, 0.1) is 23.9 Å². The van der Waals surface area contributed by atoms with Gasteiger partial charge in [0.1, 0.15) is 5.76 Å². The van der Waals surface area contributed by atoms with E-state index in [2.05, 4.69) is 4.90 Å². The molecule has 2 heterocycles. The van der Waals surface area contributed by atoms with Gasteiger partial charge in [-0.25, -0.2) is 14.4 Å². The minimum absolute atomic E-state index is 0.00673. The third-order valence-electron chi connectivity index (χ3n) is 9.66. The van der Waals surface area contributed by atoms with Crippen LogP contribution in [0.3, 0.4) is 0 Å². The number of esters is 3. The second-order valence-electron chi connectivity index (χ2n) is 12.4. The molecular weight excluding hydrogens is 634 g/mol. The number of likely N-dealkylation sites (N-methyl/N-ethyl adjacent to an activating group) is 1. The van der Waals surface area contributed by atoms with Crippen molar-refractivity contribution in [2.24, 2.45) is 0 Å². The van der Waals surface area contributed by atoms with Crippen molar-refractivity contribution < 1.29 is 68.5 Å². The maximum Gasteiger partial charge on any atom is 0.353 e. The van der Waals surface area contributed by atoms with Crippen molar-refractivity contribution in [1.29, 1.82) is 0 Å². The minimum Gasteiger partial charge on any atom is -0.504 e. The number of nitrogens with zero attached hydrogens (tertiary/aromatic N) is 1. The summed E-state index contributed by atoms with van der Waals surface area (Å²) in [6.45, 7) is 0.589. The first kappa shape index (κ1) is 32.9. The summed E-state index contributed by atoms with van der Waals surface area (Å²) < 4.78 is 21.8. The van der Waals surface area contributed by atoms with Gasteiger partial charge in [0.15, 0.2) is 23.7 Å². The summed E-state index contributed by atoms with van der Waals surface area (Å²) in [5, 5.41) is 51.8. The molecule has 0 radical (unpaired) electrons.